The molecule has 0 radical (unpaired) electrons. The molecule has 3 rings (SSSR count). The number of hydrogen-bond acceptors (Lipinski definition) is 2. The molecule has 2 N–H and O–H groups in total. The Morgan fingerprint density at radius 2 is 2.05 bits per heavy atom. The number of aromatic amines is 1. The number of aryl methyl sites for hydroxylation is 2. The molecule has 0 saturated heterocycles. The number of hydrogen-bond donors (Lipinski definition) is 2. The Bertz CT molecular complexity index is 732. The molecule has 1 aliphatic carbocycles. The Hall–Kier alpha value is -1.33. The number of fused-ring (bicyclic) bond motifs is 3. The van der Waals surface area contributed by atoms with Gasteiger partial charge in [-0.25, -0.2) is 13.1 Å². The first-order chi connectivity index (χ1) is 9.62. The summed E-state index contributed by atoms with van der Waals surface area (Å²) in [6.07, 6.45) is 5.30. The van der Waals surface area contributed by atoms with E-state index in [9.17, 15) is 8.42 Å². The molecule has 5 heteroatoms. The maximum absolute atomic E-state index is 12.2. The number of sulfonamides is 1. The van der Waals surface area contributed by atoms with Crippen LogP contribution in [0.5, 0.6) is 0 Å². The van der Waals surface area contributed by atoms with Crippen LogP contribution in [0.2, 0.25) is 0 Å². The van der Waals surface area contributed by atoms with Crippen molar-refractivity contribution >= 4 is 20.9 Å². The average Bonchev–Trinajstić information content (AvgIpc) is 2.83. The highest BCUT2D eigenvalue weighted by Crippen LogP contribution is 2.30. The highest BCUT2D eigenvalue weighted by atomic mass is 32.2. The number of rotatable bonds is 4. The summed E-state index contributed by atoms with van der Waals surface area (Å²) in [4.78, 5) is 3.79. The number of benzene rings is 1. The lowest BCUT2D eigenvalue weighted by atomic mass is 9.96. The predicted octanol–water partition coefficient (Wildman–Crippen LogP) is 2.74. The monoisotopic (exact) mass is 292 g/mol. The normalized spacial score (nSPS) is 15.4. The van der Waals surface area contributed by atoms with Crippen molar-refractivity contribution in [3.05, 3.63) is 29.5 Å². The lowest BCUT2D eigenvalue weighted by Gasteiger charge is -2.10. The summed E-state index contributed by atoms with van der Waals surface area (Å²) in [5.41, 5.74) is 3.63. The summed E-state index contributed by atoms with van der Waals surface area (Å²) >= 11 is 0. The van der Waals surface area contributed by atoms with E-state index in [1.165, 1.54) is 24.1 Å². The standard InChI is InChI=1S/C15H20N2O2S/c1-2-9-16-20(18,19)11-7-8-15-13(10-11)12-5-3-4-6-14(12)17-15/h7-8,10,16-17H,2-6,9H2,1H3. The summed E-state index contributed by atoms with van der Waals surface area (Å²) in [5, 5.41) is 1.07. The van der Waals surface area contributed by atoms with Crippen molar-refractivity contribution in [3.8, 4) is 0 Å². The molecule has 0 aliphatic heterocycles. The second kappa shape index (κ2) is 5.22. The highest BCUT2D eigenvalue weighted by Gasteiger charge is 2.18. The fourth-order valence-corrected chi connectivity index (χ4v) is 4.03. The molecule has 1 aromatic heterocycles. The van der Waals surface area contributed by atoms with Gasteiger partial charge in [0, 0.05) is 23.1 Å². The van der Waals surface area contributed by atoms with Crippen molar-refractivity contribution < 1.29 is 8.42 Å². The van der Waals surface area contributed by atoms with E-state index in [-0.39, 0.29) is 0 Å². The van der Waals surface area contributed by atoms with E-state index in [0.717, 1.165) is 30.2 Å². The Kier molecular flexibility index (Phi) is 3.56. The Balaban J connectivity index is 2.06. The van der Waals surface area contributed by atoms with Crippen molar-refractivity contribution in [1.29, 1.82) is 0 Å². The van der Waals surface area contributed by atoms with Gasteiger partial charge in [-0.1, -0.05) is 6.92 Å². The molecule has 2 aromatic rings. The van der Waals surface area contributed by atoms with Crippen LogP contribution in [0, 0.1) is 0 Å². The summed E-state index contributed by atoms with van der Waals surface area (Å²) < 4.78 is 27.0. The second-order valence-corrected chi connectivity index (χ2v) is 7.16. The zero-order valence-corrected chi connectivity index (χ0v) is 12.5. The van der Waals surface area contributed by atoms with Gasteiger partial charge in [0.2, 0.25) is 10.0 Å². The van der Waals surface area contributed by atoms with Crippen LogP contribution in [0.25, 0.3) is 10.9 Å². The second-order valence-electron chi connectivity index (χ2n) is 5.39. The predicted molar refractivity (Wildman–Crippen MR) is 80.4 cm³/mol. The van der Waals surface area contributed by atoms with Crippen LogP contribution in [-0.2, 0) is 22.9 Å². The van der Waals surface area contributed by atoms with Gasteiger partial charge in [0.05, 0.1) is 4.90 Å². The van der Waals surface area contributed by atoms with E-state index in [4.69, 9.17) is 0 Å². The fraction of sp³-hybridized carbons (Fsp3) is 0.467. The summed E-state index contributed by atoms with van der Waals surface area (Å²) in [7, 11) is -3.38. The molecule has 0 amide bonds. The molecule has 0 spiro atoms. The summed E-state index contributed by atoms with van der Waals surface area (Å²) in [5.74, 6) is 0. The van der Waals surface area contributed by atoms with Crippen molar-refractivity contribution in [3.63, 3.8) is 0 Å². The van der Waals surface area contributed by atoms with Crippen LogP contribution >= 0.6 is 0 Å². The quantitative estimate of drug-likeness (QED) is 0.910. The lowest BCUT2D eigenvalue weighted by molar-refractivity contribution is 0.581. The van der Waals surface area contributed by atoms with Crippen LogP contribution in [0.4, 0.5) is 0 Å². The van der Waals surface area contributed by atoms with E-state index in [1.54, 1.807) is 6.07 Å². The Morgan fingerprint density at radius 1 is 1.25 bits per heavy atom. The van der Waals surface area contributed by atoms with Crippen molar-refractivity contribution in [2.45, 2.75) is 43.9 Å². The smallest absolute Gasteiger partial charge is 0.240 e. The number of nitrogens with one attached hydrogen (secondary N) is 2. The lowest BCUT2D eigenvalue weighted by Crippen LogP contribution is -2.24. The van der Waals surface area contributed by atoms with Gasteiger partial charge >= 0.3 is 0 Å². The molecule has 4 nitrogen and oxygen atoms in total. The van der Waals surface area contributed by atoms with Crippen molar-refractivity contribution in [2.24, 2.45) is 0 Å². The number of H-pyrrole nitrogens is 1. The minimum Gasteiger partial charge on any atom is -0.358 e. The molecule has 0 unspecified atom stereocenters. The molecule has 20 heavy (non-hydrogen) atoms. The van der Waals surface area contributed by atoms with E-state index >= 15 is 0 Å². The van der Waals surface area contributed by atoms with E-state index in [2.05, 4.69) is 9.71 Å². The van der Waals surface area contributed by atoms with E-state index in [0.29, 0.717) is 11.4 Å². The minimum absolute atomic E-state index is 0.367. The van der Waals surface area contributed by atoms with E-state index in [1.807, 2.05) is 19.1 Å². The highest BCUT2D eigenvalue weighted by molar-refractivity contribution is 7.89. The topological polar surface area (TPSA) is 62.0 Å². The van der Waals surface area contributed by atoms with Crippen LogP contribution in [-0.4, -0.2) is 19.9 Å². The van der Waals surface area contributed by atoms with Crippen LogP contribution in [0.1, 0.15) is 37.4 Å². The van der Waals surface area contributed by atoms with Gasteiger partial charge in [-0.2, -0.15) is 0 Å². The first-order valence-corrected chi connectivity index (χ1v) is 8.73. The van der Waals surface area contributed by atoms with Crippen LogP contribution in [0.3, 0.4) is 0 Å². The molecule has 0 saturated carbocycles. The zero-order chi connectivity index (χ0) is 14.2. The maximum Gasteiger partial charge on any atom is 0.240 e. The molecule has 0 atom stereocenters. The maximum atomic E-state index is 12.2. The Morgan fingerprint density at radius 3 is 2.85 bits per heavy atom. The molecule has 108 valence electrons. The molecule has 1 heterocycles. The van der Waals surface area contributed by atoms with Crippen molar-refractivity contribution in [1.82, 2.24) is 9.71 Å². The van der Waals surface area contributed by atoms with Gasteiger partial charge in [0.15, 0.2) is 0 Å². The third kappa shape index (κ3) is 2.36. The molecular weight excluding hydrogens is 272 g/mol. The summed E-state index contributed by atoms with van der Waals surface area (Å²) in [6.45, 7) is 2.43. The van der Waals surface area contributed by atoms with Gasteiger partial charge in [-0.3, -0.25) is 0 Å². The minimum atomic E-state index is -3.38. The fourth-order valence-electron chi connectivity index (χ4n) is 2.87. The SMILES string of the molecule is CCCNS(=O)(=O)c1ccc2[nH]c3c(c2c1)CCCC3. The van der Waals surface area contributed by atoms with Gasteiger partial charge in [0.25, 0.3) is 0 Å². The first kappa shape index (κ1) is 13.6. The number of aromatic nitrogens is 1. The molecule has 1 aliphatic rings. The van der Waals surface area contributed by atoms with Gasteiger partial charge in [-0.05, 0) is 55.9 Å². The first-order valence-electron chi connectivity index (χ1n) is 7.25. The van der Waals surface area contributed by atoms with Crippen LogP contribution in [0.15, 0.2) is 23.1 Å². The van der Waals surface area contributed by atoms with Gasteiger partial charge in [-0.15, -0.1) is 0 Å². The van der Waals surface area contributed by atoms with E-state index < -0.39 is 10.0 Å². The molecule has 0 fully saturated rings. The largest absolute Gasteiger partial charge is 0.358 e. The Labute approximate surface area is 119 Å². The molecule has 0 bridgehead atoms. The molecule has 1 aromatic carbocycles. The third-order valence-corrected chi connectivity index (χ3v) is 5.38. The van der Waals surface area contributed by atoms with Crippen molar-refractivity contribution in [2.75, 3.05) is 6.54 Å². The van der Waals surface area contributed by atoms with Gasteiger partial charge < -0.3 is 4.98 Å². The average molecular weight is 292 g/mol. The molecular formula is C15H20N2O2S. The van der Waals surface area contributed by atoms with Crippen LogP contribution < -0.4 is 4.72 Å². The summed E-state index contributed by atoms with van der Waals surface area (Å²) in [6, 6.07) is 5.38. The van der Waals surface area contributed by atoms with Gasteiger partial charge in [0.1, 0.15) is 0 Å². The zero-order valence-electron chi connectivity index (χ0n) is 11.7. The third-order valence-electron chi connectivity index (χ3n) is 3.92.